The SMILES string of the molecule is COC(=O)c1nc(-c2cnc3c(c2)nc(C)n3COCC[Si](C)(C)C)ccc1N. The maximum Gasteiger partial charge on any atom is 0.358 e. The smallest absolute Gasteiger partial charge is 0.358 e. The number of imidazole rings is 1. The number of fused-ring (bicyclic) bond motifs is 1. The number of carbonyl (C=O) groups is 1. The molecule has 0 aromatic carbocycles. The molecule has 0 radical (unpaired) electrons. The molecule has 0 aliphatic heterocycles. The van der Waals surface area contributed by atoms with Gasteiger partial charge in [0.05, 0.1) is 18.5 Å². The van der Waals surface area contributed by atoms with Crippen LogP contribution in [0.2, 0.25) is 25.7 Å². The first-order valence-corrected chi connectivity index (χ1v) is 13.2. The van der Waals surface area contributed by atoms with Crippen LogP contribution in [0, 0.1) is 6.92 Å². The number of aryl methyl sites for hydroxylation is 1. The van der Waals surface area contributed by atoms with Crippen LogP contribution in [0.25, 0.3) is 22.4 Å². The van der Waals surface area contributed by atoms with Crippen LogP contribution in [0.4, 0.5) is 5.69 Å². The first-order valence-electron chi connectivity index (χ1n) is 9.45. The zero-order valence-corrected chi connectivity index (χ0v) is 18.5. The van der Waals surface area contributed by atoms with Gasteiger partial charge in [0.2, 0.25) is 0 Å². The highest BCUT2D eigenvalue weighted by Gasteiger charge is 2.16. The molecule has 8 nitrogen and oxygen atoms in total. The first kappa shape index (κ1) is 20.9. The van der Waals surface area contributed by atoms with Crippen LogP contribution >= 0.6 is 0 Å². The second kappa shape index (κ2) is 8.30. The summed E-state index contributed by atoms with van der Waals surface area (Å²) in [6.07, 6.45) is 1.71. The summed E-state index contributed by atoms with van der Waals surface area (Å²) in [5.74, 6) is 0.257. The first-order chi connectivity index (χ1) is 13.7. The number of nitrogens with zero attached hydrogens (tertiary/aromatic N) is 4. The Balaban J connectivity index is 1.86. The number of anilines is 1. The van der Waals surface area contributed by atoms with E-state index in [0.717, 1.165) is 35.2 Å². The molecule has 3 aromatic heterocycles. The Hall–Kier alpha value is -2.78. The van der Waals surface area contributed by atoms with E-state index in [9.17, 15) is 4.79 Å². The van der Waals surface area contributed by atoms with Gasteiger partial charge in [0.25, 0.3) is 0 Å². The molecular weight excluding hydrogens is 386 g/mol. The van der Waals surface area contributed by atoms with Crippen molar-refractivity contribution in [3.63, 3.8) is 0 Å². The summed E-state index contributed by atoms with van der Waals surface area (Å²) in [5.41, 5.74) is 9.01. The van der Waals surface area contributed by atoms with Gasteiger partial charge in [0, 0.05) is 26.4 Å². The monoisotopic (exact) mass is 413 g/mol. The number of hydrogen-bond donors (Lipinski definition) is 1. The summed E-state index contributed by atoms with van der Waals surface area (Å²) in [6.45, 7) is 10.1. The molecule has 3 rings (SSSR count). The van der Waals surface area contributed by atoms with Crippen LogP contribution in [0.15, 0.2) is 24.4 Å². The fourth-order valence-electron chi connectivity index (χ4n) is 2.84. The molecule has 0 saturated heterocycles. The van der Waals surface area contributed by atoms with E-state index in [-0.39, 0.29) is 11.4 Å². The van der Waals surface area contributed by atoms with Crippen molar-refractivity contribution in [1.29, 1.82) is 0 Å². The van der Waals surface area contributed by atoms with Crippen LogP contribution in [-0.4, -0.2) is 47.3 Å². The molecule has 0 aliphatic carbocycles. The molecule has 0 bridgehead atoms. The van der Waals surface area contributed by atoms with E-state index >= 15 is 0 Å². The normalized spacial score (nSPS) is 11.8. The number of aromatic nitrogens is 4. The van der Waals surface area contributed by atoms with Crippen molar-refractivity contribution in [2.24, 2.45) is 0 Å². The number of nitrogen functional groups attached to an aromatic ring is 1. The quantitative estimate of drug-likeness (QED) is 0.359. The van der Waals surface area contributed by atoms with Crippen molar-refractivity contribution in [3.8, 4) is 11.3 Å². The molecule has 0 unspecified atom stereocenters. The standard InChI is InChI=1S/C20H27N5O3Si/c1-13-23-17-10-14(16-7-6-15(21)18(24-16)20(26)27-2)11-22-19(17)25(13)12-28-8-9-29(3,4)5/h6-7,10-11H,8-9,12,21H2,1-5H3. The number of carbonyl (C=O) groups excluding carboxylic acids is 1. The minimum absolute atomic E-state index is 0.0857. The van der Waals surface area contributed by atoms with Crippen LogP contribution in [0.5, 0.6) is 0 Å². The third kappa shape index (κ3) is 4.80. The van der Waals surface area contributed by atoms with Gasteiger partial charge >= 0.3 is 5.97 Å². The van der Waals surface area contributed by atoms with Gasteiger partial charge in [-0.1, -0.05) is 19.6 Å². The summed E-state index contributed by atoms with van der Waals surface area (Å²) >= 11 is 0. The van der Waals surface area contributed by atoms with E-state index in [1.807, 2.05) is 17.6 Å². The summed E-state index contributed by atoms with van der Waals surface area (Å²) in [6, 6.07) is 6.39. The van der Waals surface area contributed by atoms with Gasteiger partial charge in [0.15, 0.2) is 11.3 Å². The van der Waals surface area contributed by atoms with Gasteiger partial charge in [-0.25, -0.2) is 19.7 Å². The van der Waals surface area contributed by atoms with Crippen molar-refractivity contribution >= 4 is 30.9 Å². The van der Waals surface area contributed by atoms with E-state index in [1.54, 1.807) is 18.3 Å². The van der Waals surface area contributed by atoms with Crippen LogP contribution in [-0.2, 0) is 16.2 Å². The predicted molar refractivity (Wildman–Crippen MR) is 115 cm³/mol. The Morgan fingerprint density at radius 3 is 2.69 bits per heavy atom. The van der Waals surface area contributed by atoms with E-state index in [0.29, 0.717) is 12.4 Å². The molecule has 0 fully saturated rings. The van der Waals surface area contributed by atoms with E-state index in [1.165, 1.54) is 7.11 Å². The Kier molecular flexibility index (Phi) is 5.99. The van der Waals surface area contributed by atoms with Crippen molar-refractivity contribution in [2.75, 3.05) is 19.5 Å². The van der Waals surface area contributed by atoms with Crippen LogP contribution < -0.4 is 5.73 Å². The molecule has 0 saturated carbocycles. The molecule has 29 heavy (non-hydrogen) atoms. The Morgan fingerprint density at radius 1 is 1.24 bits per heavy atom. The summed E-state index contributed by atoms with van der Waals surface area (Å²) in [7, 11) is 0.171. The highest BCUT2D eigenvalue weighted by molar-refractivity contribution is 6.76. The number of nitrogens with two attached hydrogens (primary N) is 1. The number of esters is 1. The molecule has 0 amide bonds. The maximum atomic E-state index is 11.9. The predicted octanol–water partition coefficient (Wildman–Crippen LogP) is 3.48. The summed E-state index contributed by atoms with van der Waals surface area (Å²) in [5, 5.41) is 0. The van der Waals surface area contributed by atoms with Gasteiger partial charge in [-0.2, -0.15) is 0 Å². The Bertz CT molecular complexity index is 1040. The third-order valence-corrected chi connectivity index (χ3v) is 6.30. The maximum absolute atomic E-state index is 11.9. The van der Waals surface area contributed by atoms with Crippen molar-refractivity contribution in [1.82, 2.24) is 19.5 Å². The molecular formula is C20H27N5O3Si. The fourth-order valence-corrected chi connectivity index (χ4v) is 3.60. The van der Waals surface area contributed by atoms with E-state index in [4.69, 9.17) is 15.2 Å². The van der Waals surface area contributed by atoms with Gasteiger partial charge < -0.3 is 15.2 Å². The molecule has 0 spiro atoms. The molecule has 154 valence electrons. The average Bonchev–Trinajstić information content (AvgIpc) is 2.98. The van der Waals surface area contributed by atoms with Gasteiger partial charge in [0.1, 0.15) is 18.1 Å². The molecule has 3 heterocycles. The third-order valence-electron chi connectivity index (χ3n) is 4.59. The fraction of sp³-hybridized carbons (Fsp3) is 0.400. The lowest BCUT2D eigenvalue weighted by molar-refractivity contribution is 0.0595. The lowest BCUT2D eigenvalue weighted by atomic mass is 10.1. The van der Waals surface area contributed by atoms with Crippen molar-refractivity contribution < 1.29 is 14.3 Å². The number of rotatable bonds is 7. The van der Waals surface area contributed by atoms with Gasteiger partial charge in [-0.3, -0.25) is 4.57 Å². The van der Waals surface area contributed by atoms with Crippen molar-refractivity contribution in [2.45, 2.75) is 39.3 Å². The topological polar surface area (TPSA) is 105 Å². The zero-order chi connectivity index (χ0) is 21.2. The second-order valence-electron chi connectivity index (χ2n) is 8.13. The molecule has 2 N–H and O–H groups in total. The van der Waals surface area contributed by atoms with Crippen LogP contribution in [0.1, 0.15) is 16.3 Å². The number of pyridine rings is 2. The van der Waals surface area contributed by atoms with Crippen LogP contribution in [0.3, 0.4) is 0 Å². The Labute approximate surface area is 171 Å². The second-order valence-corrected chi connectivity index (χ2v) is 13.7. The van der Waals surface area contributed by atoms with Gasteiger partial charge in [-0.15, -0.1) is 0 Å². The average molecular weight is 414 g/mol. The largest absolute Gasteiger partial charge is 0.464 e. The summed E-state index contributed by atoms with van der Waals surface area (Å²) < 4.78 is 12.6. The lowest BCUT2D eigenvalue weighted by Gasteiger charge is -2.15. The highest BCUT2D eigenvalue weighted by Crippen LogP contribution is 2.24. The zero-order valence-electron chi connectivity index (χ0n) is 17.5. The number of methoxy groups -OCH3 is 1. The number of hydrogen-bond acceptors (Lipinski definition) is 7. The highest BCUT2D eigenvalue weighted by atomic mass is 28.3. The minimum atomic E-state index is -1.13. The minimum Gasteiger partial charge on any atom is -0.464 e. The lowest BCUT2D eigenvalue weighted by Crippen LogP contribution is -2.22. The van der Waals surface area contributed by atoms with E-state index < -0.39 is 14.0 Å². The molecule has 0 atom stereocenters. The number of ether oxygens (including phenoxy) is 2. The molecule has 9 heteroatoms. The Morgan fingerprint density at radius 2 is 2.00 bits per heavy atom. The molecule has 0 aliphatic rings. The van der Waals surface area contributed by atoms with E-state index in [2.05, 4.69) is 34.6 Å². The van der Waals surface area contributed by atoms with Crippen molar-refractivity contribution in [3.05, 3.63) is 35.9 Å². The summed E-state index contributed by atoms with van der Waals surface area (Å²) in [4.78, 5) is 25.4. The van der Waals surface area contributed by atoms with Gasteiger partial charge in [-0.05, 0) is 31.2 Å². The molecule has 3 aromatic rings.